The lowest BCUT2D eigenvalue weighted by atomic mass is 10.1. The van der Waals surface area contributed by atoms with E-state index in [4.69, 9.17) is 11.6 Å². The summed E-state index contributed by atoms with van der Waals surface area (Å²) in [4.78, 5) is 19.8. The highest BCUT2D eigenvalue weighted by molar-refractivity contribution is 6.29. The molecule has 0 radical (unpaired) electrons. The fourth-order valence-corrected chi connectivity index (χ4v) is 2.92. The van der Waals surface area contributed by atoms with Gasteiger partial charge in [-0.2, -0.15) is 18.3 Å². The average Bonchev–Trinajstić information content (AvgIpc) is 3.34. The van der Waals surface area contributed by atoms with E-state index in [0.717, 1.165) is 30.7 Å². The standard InChI is InChI=1S/C16H12ClF3N6O/c17-12-7-26-14(25-12)13(8-1-2-8)10(6-22-26)24-15(27)23-9-3-4-21-11(5-9)16(18,19)20/h3-8H,1-2H2,(H2,21,23,24,27). The number of fused-ring (bicyclic) bond motifs is 1. The van der Waals surface area contributed by atoms with Crippen molar-refractivity contribution in [1.29, 1.82) is 0 Å². The van der Waals surface area contributed by atoms with Crippen molar-refractivity contribution in [3.05, 3.63) is 47.1 Å². The molecule has 3 aromatic heterocycles. The molecular weight excluding hydrogens is 385 g/mol. The number of alkyl halides is 3. The van der Waals surface area contributed by atoms with E-state index < -0.39 is 17.9 Å². The van der Waals surface area contributed by atoms with Gasteiger partial charge in [-0.1, -0.05) is 11.6 Å². The van der Waals surface area contributed by atoms with Crippen LogP contribution in [-0.2, 0) is 6.18 Å². The highest BCUT2D eigenvalue weighted by Gasteiger charge is 2.33. The molecule has 3 heterocycles. The van der Waals surface area contributed by atoms with Crippen LogP contribution >= 0.6 is 11.6 Å². The van der Waals surface area contributed by atoms with Crippen LogP contribution in [0.3, 0.4) is 0 Å². The summed E-state index contributed by atoms with van der Waals surface area (Å²) in [6.45, 7) is 0. The van der Waals surface area contributed by atoms with Crippen LogP contribution in [0, 0.1) is 0 Å². The summed E-state index contributed by atoms with van der Waals surface area (Å²) in [5, 5.41) is 9.43. The summed E-state index contributed by atoms with van der Waals surface area (Å²) in [5.74, 6) is 0.224. The number of pyridine rings is 1. The van der Waals surface area contributed by atoms with E-state index in [2.05, 4.69) is 25.7 Å². The number of hydrogen-bond acceptors (Lipinski definition) is 4. The third-order valence-corrected chi connectivity index (χ3v) is 4.22. The number of nitrogens with one attached hydrogen (secondary N) is 2. The second-order valence-electron chi connectivity index (χ2n) is 6.08. The van der Waals surface area contributed by atoms with Gasteiger partial charge >= 0.3 is 12.2 Å². The monoisotopic (exact) mass is 396 g/mol. The SMILES string of the molecule is O=C(Nc1ccnc(C(F)(F)F)c1)Nc1cnn2cc(Cl)nc2c1C1CC1. The number of amides is 2. The Morgan fingerprint density at radius 1 is 1.30 bits per heavy atom. The first kappa shape index (κ1) is 17.5. The largest absolute Gasteiger partial charge is 0.433 e. The lowest BCUT2D eigenvalue weighted by Gasteiger charge is -2.13. The van der Waals surface area contributed by atoms with Gasteiger partial charge in [-0.05, 0) is 30.9 Å². The minimum absolute atomic E-state index is 0.0271. The molecule has 0 saturated heterocycles. The smallest absolute Gasteiger partial charge is 0.308 e. The molecule has 0 atom stereocenters. The van der Waals surface area contributed by atoms with E-state index >= 15 is 0 Å². The first-order chi connectivity index (χ1) is 12.8. The van der Waals surface area contributed by atoms with Crippen LogP contribution in [0.1, 0.15) is 30.0 Å². The summed E-state index contributed by atoms with van der Waals surface area (Å²) in [6.07, 6.45) is 1.30. The van der Waals surface area contributed by atoms with Gasteiger partial charge in [0.15, 0.2) is 5.65 Å². The number of hydrogen-bond donors (Lipinski definition) is 2. The summed E-state index contributed by atoms with van der Waals surface area (Å²) in [6, 6.07) is 1.34. The summed E-state index contributed by atoms with van der Waals surface area (Å²) >= 11 is 5.93. The molecule has 1 fully saturated rings. The molecule has 7 nitrogen and oxygen atoms in total. The molecule has 0 spiro atoms. The van der Waals surface area contributed by atoms with Crippen LogP contribution in [-0.4, -0.2) is 25.6 Å². The Morgan fingerprint density at radius 3 is 2.78 bits per heavy atom. The second-order valence-corrected chi connectivity index (χ2v) is 6.47. The number of anilines is 2. The van der Waals surface area contributed by atoms with E-state index in [1.54, 1.807) is 6.20 Å². The Kier molecular flexibility index (Phi) is 4.14. The van der Waals surface area contributed by atoms with Gasteiger partial charge < -0.3 is 10.6 Å². The van der Waals surface area contributed by atoms with Crippen molar-refractivity contribution in [2.75, 3.05) is 10.6 Å². The van der Waals surface area contributed by atoms with Gasteiger partial charge in [-0.15, -0.1) is 0 Å². The average molecular weight is 397 g/mol. The summed E-state index contributed by atoms with van der Waals surface area (Å²) < 4.78 is 39.7. The van der Waals surface area contributed by atoms with Gasteiger partial charge in [0.05, 0.1) is 18.1 Å². The number of rotatable bonds is 3. The molecule has 140 valence electrons. The molecule has 0 aromatic carbocycles. The molecule has 2 N–H and O–H groups in total. The van der Waals surface area contributed by atoms with Crippen LogP contribution in [0.2, 0.25) is 5.15 Å². The zero-order chi connectivity index (χ0) is 19.2. The predicted octanol–water partition coefficient (Wildman–Crippen LogP) is 4.32. The number of urea groups is 1. The van der Waals surface area contributed by atoms with Crippen molar-refractivity contribution < 1.29 is 18.0 Å². The zero-order valence-corrected chi connectivity index (χ0v) is 14.3. The van der Waals surface area contributed by atoms with Crippen molar-refractivity contribution in [1.82, 2.24) is 19.6 Å². The minimum atomic E-state index is -4.60. The minimum Gasteiger partial charge on any atom is -0.308 e. The Morgan fingerprint density at radius 2 is 2.07 bits per heavy atom. The van der Waals surface area contributed by atoms with Crippen LogP contribution in [0.4, 0.5) is 29.3 Å². The third kappa shape index (κ3) is 3.65. The zero-order valence-electron chi connectivity index (χ0n) is 13.6. The van der Waals surface area contributed by atoms with Gasteiger partial charge in [-0.25, -0.2) is 14.3 Å². The molecule has 1 saturated carbocycles. The number of carbonyl (C=O) groups is 1. The van der Waals surface area contributed by atoms with Gasteiger partial charge in [0, 0.05) is 17.4 Å². The highest BCUT2D eigenvalue weighted by atomic mass is 35.5. The van der Waals surface area contributed by atoms with E-state index in [1.165, 1.54) is 16.8 Å². The molecular formula is C16H12ClF3N6O. The fourth-order valence-electron chi connectivity index (χ4n) is 2.75. The first-order valence-electron chi connectivity index (χ1n) is 7.96. The molecule has 1 aliphatic carbocycles. The summed E-state index contributed by atoms with van der Waals surface area (Å²) in [5.41, 5.74) is 0.672. The van der Waals surface area contributed by atoms with Crippen LogP contribution in [0.5, 0.6) is 0 Å². The Hall–Kier alpha value is -2.88. The van der Waals surface area contributed by atoms with Crippen molar-refractivity contribution in [3.63, 3.8) is 0 Å². The van der Waals surface area contributed by atoms with E-state index in [-0.39, 0.29) is 16.8 Å². The van der Waals surface area contributed by atoms with Crippen molar-refractivity contribution in [2.45, 2.75) is 24.9 Å². The molecule has 27 heavy (non-hydrogen) atoms. The quantitative estimate of drug-likeness (QED) is 0.690. The molecule has 0 bridgehead atoms. The molecule has 3 aromatic rings. The number of nitrogens with zero attached hydrogens (tertiary/aromatic N) is 4. The number of imidazole rings is 1. The van der Waals surface area contributed by atoms with Gasteiger partial charge in [-0.3, -0.25) is 4.98 Å². The molecule has 1 aliphatic rings. The Bertz CT molecular complexity index is 1030. The molecule has 2 amide bonds. The second kappa shape index (κ2) is 6.38. The van der Waals surface area contributed by atoms with Gasteiger partial charge in [0.2, 0.25) is 0 Å². The normalized spacial score (nSPS) is 14.4. The summed E-state index contributed by atoms with van der Waals surface area (Å²) in [7, 11) is 0. The molecule has 0 aliphatic heterocycles. The number of carbonyl (C=O) groups excluding carboxylic acids is 1. The molecule has 0 unspecified atom stereocenters. The maximum Gasteiger partial charge on any atom is 0.433 e. The molecule has 4 rings (SSSR count). The first-order valence-corrected chi connectivity index (χ1v) is 8.34. The van der Waals surface area contributed by atoms with Crippen molar-refractivity contribution in [3.8, 4) is 0 Å². The van der Waals surface area contributed by atoms with Gasteiger partial charge in [0.25, 0.3) is 0 Å². The fraction of sp³-hybridized carbons (Fsp3) is 0.250. The highest BCUT2D eigenvalue weighted by Crippen LogP contribution is 2.45. The van der Waals surface area contributed by atoms with Crippen LogP contribution in [0.15, 0.2) is 30.7 Å². The van der Waals surface area contributed by atoms with E-state index in [0.29, 0.717) is 11.3 Å². The Balaban J connectivity index is 1.58. The maximum absolute atomic E-state index is 12.7. The third-order valence-electron chi connectivity index (χ3n) is 4.04. The lowest BCUT2D eigenvalue weighted by Crippen LogP contribution is -2.21. The van der Waals surface area contributed by atoms with Crippen molar-refractivity contribution >= 4 is 34.7 Å². The van der Waals surface area contributed by atoms with Gasteiger partial charge in [0.1, 0.15) is 10.8 Å². The van der Waals surface area contributed by atoms with Crippen LogP contribution in [0.25, 0.3) is 5.65 Å². The number of aromatic nitrogens is 4. The number of halogens is 4. The van der Waals surface area contributed by atoms with E-state index in [1.807, 2.05) is 0 Å². The molecule has 11 heteroatoms. The van der Waals surface area contributed by atoms with Crippen LogP contribution < -0.4 is 10.6 Å². The predicted molar refractivity (Wildman–Crippen MR) is 91.9 cm³/mol. The maximum atomic E-state index is 12.7. The Labute approximate surface area is 155 Å². The van der Waals surface area contributed by atoms with E-state index in [9.17, 15) is 18.0 Å². The van der Waals surface area contributed by atoms with Crippen molar-refractivity contribution in [2.24, 2.45) is 0 Å². The topological polar surface area (TPSA) is 84.2 Å². The lowest BCUT2D eigenvalue weighted by molar-refractivity contribution is -0.141.